The Morgan fingerprint density at radius 1 is 1.06 bits per heavy atom. The Labute approximate surface area is 208 Å². The lowest BCUT2D eigenvalue weighted by Gasteiger charge is -2.11. The number of para-hydroxylation sites is 1. The number of thiazole rings is 1. The van der Waals surface area contributed by atoms with E-state index in [0.717, 1.165) is 52.4 Å². The zero-order valence-electron chi connectivity index (χ0n) is 19.8. The number of rotatable bonds is 11. The first-order chi connectivity index (χ1) is 17.1. The summed E-state index contributed by atoms with van der Waals surface area (Å²) in [5, 5.41) is 10.4. The van der Waals surface area contributed by atoms with Crippen LogP contribution in [-0.4, -0.2) is 59.7 Å². The van der Waals surface area contributed by atoms with E-state index in [0.29, 0.717) is 18.3 Å². The van der Waals surface area contributed by atoms with Crippen molar-refractivity contribution in [2.75, 3.05) is 49.7 Å². The third-order valence-corrected chi connectivity index (χ3v) is 6.07. The van der Waals surface area contributed by atoms with Crippen LogP contribution in [0.25, 0.3) is 10.9 Å². The lowest BCUT2D eigenvalue weighted by molar-refractivity contribution is 0.262. The van der Waals surface area contributed by atoms with Crippen molar-refractivity contribution in [3.05, 3.63) is 65.9 Å². The van der Waals surface area contributed by atoms with Crippen molar-refractivity contribution in [1.82, 2.24) is 19.9 Å². The highest BCUT2D eigenvalue weighted by molar-refractivity contribution is 7.15. The van der Waals surface area contributed by atoms with Gasteiger partial charge in [-0.15, -0.1) is 11.3 Å². The van der Waals surface area contributed by atoms with E-state index in [9.17, 15) is 4.79 Å². The van der Waals surface area contributed by atoms with Gasteiger partial charge in [0.2, 0.25) is 0 Å². The number of hydrogen-bond donors (Lipinski definition) is 3. The van der Waals surface area contributed by atoms with Crippen molar-refractivity contribution in [2.24, 2.45) is 0 Å². The van der Waals surface area contributed by atoms with Crippen molar-refractivity contribution < 1.29 is 9.53 Å². The number of nitrogens with one attached hydrogen (secondary N) is 3. The van der Waals surface area contributed by atoms with Crippen LogP contribution in [0.15, 0.2) is 61.1 Å². The normalized spacial score (nSPS) is 10.9. The molecule has 0 atom stereocenters. The number of anilines is 3. The number of nitrogens with zero attached hydrogens (tertiary/aromatic N) is 4. The van der Waals surface area contributed by atoms with Gasteiger partial charge in [-0.25, -0.2) is 19.7 Å². The Hall–Kier alpha value is -3.76. The summed E-state index contributed by atoms with van der Waals surface area (Å²) in [6.45, 7) is 2.33. The van der Waals surface area contributed by atoms with E-state index in [2.05, 4.69) is 49.9 Å². The number of hydrogen-bond acceptors (Lipinski definition) is 8. The topological polar surface area (TPSA) is 104 Å². The molecule has 0 spiro atoms. The van der Waals surface area contributed by atoms with Crippen LogP contribution in [0.1, 0.15) is 11.3 Å². The van der Waals surface area contributed by atoms with Crippen LogP contribution in [0.2, 0.25) is 0 Å². The highest BCUT2D eigenvalue weighted by atomic mass is 32.1. The van der Waals surface area contributed by atoms with Crippen LogP contribution in [0.4, 0.5) is 21.4 Å². The smallest absolute Gasteiger partial charge is 0.325 e. The van der Waals surface area contributed by atoms with Gasteiger partial charge in [-0.2, -0.15) is 0 Å². The lowest BCUT2D eigenvalue weighted by Crippen LogP contribution is -2.19. The van der Waals surface area contributed by atoms with Gasteiger partial charge in [0.1, 0.15) is 17.9 Å². The summed E-state index contributed by atoms with van der Waals surface area (Å²) in [6.07, 6.45) is 5.05. The summed E-state index contributed by atoms with van der Waals surface area (Å²) >= 11 is 1.45. The number of aromatic nitrogens is 3. The van der Waals surface area contributed by atoms with Gasteiger partial charge in [-0.3, -0.25) is 5.32 Å². The summed E-state index contributed by atoms with van der Waals surface area (Å²) in [6, 6.07) is 14.9. The maximum absolute atomic E-state index is 12.1. The van der Waals surface area contributed by atoms with E-state index in [1.165, 1.54) is 11.3 Å². The first-order valence-corrected chi connectivity index (χ1v) is 12.2. The molecule has 0 saturated carbocycles. The Kier molecular flexibility index (Phi) is 8.42. The average molecular weight is 492 g/mol. The van der Waals surface area contributed by atoms with E-state index in [4.69, 9.17) is 4.74 Å². The maximum atomic E-state index is 12.1. The van der Waals surface area contributed by atoms with E-state index in [1.54, 1.807) is 12.5 Å². The number of amides is 2. The van der Waals surface area contributed by atoms with Crippen LogP contribution in [0.5, 0.6) is 5.75 Å². The molecule has 0 aliphatic carbocycles. The molecule has 2 amide bonds. The van der Waals surface area contributed by atoms with Crippen molar-refractivity contribution in [3.63, 3.8) is 0 Å². The molecule has 0 aliphatic heterocycles. The van der Waals surface area contributed by atoms with E-state index in [-0.39, 0.29) is 6.03 Å². The van der Waals surface area contributed by atoms with Crippen molar-refractivity contribution in [3.8, 4) is 5.75 Å². The second kappa shape index (κ2) is 12.1. The number of carbonyl (C=O) groups excluding carboxylic acids is 1. The molecule has 10 heteroatoms. The fourth-order valence-electron chi connectivity index (χ4n) is 3.40. The van der Waals surface area contributed by atoms with Gasteiger partial charge in [0.15, 0.2) is 5.13 Å². The lowest BCUT2D eigenvalue weighted by atomic mass is 10.2. The Balaban J connectivity index is 1.27. The minimum absolute atomic E-state index is 0.316. The van der Waals surface area contributed by atoms with Crippen LogP contribution < -0.4 is 20.7 Å². The SMILES string of the molecule is CN(C)CCCOc1ccc2c(NCCc3cnc(NC(=O)Nc4ccccc4)s3)ncnc2c1. The molecule has 182 valence electrons. The molecule has 0 aliphatic rings. The zero-order chi connectivity index (χ0) is 24.5. The third kappa shape index (κ3) is 7.36. The monoisotopic (exact) mass is 491 g/mol. The Morgan fingerprint density at radius 2 is 1.91 bits per heavy atom. The van der Waals surface area contributed by atoms with Gasteiger partial charge in [-0.05, 0) is 44.8 Å². The van der Waals surface area contributed by atoms with Gasteiger partial charge >= 0.3 is 6.03 Å². The van der Waals surface area contributed by atoms with Crippen molar-refractivity contribution in [1.29, 1.82) is 0 Å². The minimum atomic E-state index is -0.316. The highest BCUT2D eigenvalue weighted by Gasteiger charge is 2.09. The van der Waals surface area contributed by atoms with Crippen LogP contribution >= 0.6 is 11.3 Å². The van der Waals surface area contributed by atoms with E-state index in [1.807, 2.05) is 48.5 Å². The summed E-state index contributed by atoms with van der Waals surface area (Å²) in [7, 11) is 4.11. The van der Waals surface area contributed by atoms with Gasteiger partial charge in [-0.1, -0.05) is 18.2 Å². The first kappa shape index (κ1) is 24.4. The largest absolute Gasteiger partial charge is 0.493 e. The number of urea groups is 1. The fourth-order valence-corrected chi connectivity index (χ4v) is 4.21. The second-order valence-electron chi connectivity index (χ2n) is 8.16. The average Bonchev–Trinajstić information content (AvgIpc) is 3.29. The summed E-state index contributed by atoms with van der Waals surface area (Å²) in [4.78, 5) is 28.4. The van der Waals surface area contributed by atoms with Gasteiger partial charge in [0.25, 0.3) is 0 Å². The van der Waals surface area contributed by atoms with E-state index >= 15 is 0 Å². The molecule has 0 radical (unpaired) electrons. The summed E-state index contributed by atoms with van der Waals surface area (Å²) < 4.78 is 5.86. The molecule has 0 bridgehead atoms. The number of carbonyl (C=O) groups is 1. The molecule has 2 aromatic carbocycles. The van der Waals surface area contributed by atoms with Crippen LogP contribution in [-0.2, 0) is 6.42 Å². The fraction of sp³-hybridized carbons (Fsp3) is 0.280. The Morgan fingerprint density at radius 3 is 2.74 bits per heavy atom. The van der Waals surface area contributed by atoms with Crippen LogP contribution in [0.3, 0.4) is 0 Å². The Bertz CT molecular complexity index is 1250. The predicted molar refractivity (Wildman–Crippen MR) is 142 cm³/mol. The predicted octanol–water partition coefficient (Wildman–Crippen LogP) is 4.72. The molecule has 0 saturated heterocycles. The number of benzene rings is 2. The molecule has 9 nitrogen and oxygen atoms in total. The molecule has 4 rings (SSSR count). The molecule has 0 fully saturated rings. The van der Waals surface area contributed by atoms with Gasteiger partial charge in [0, 0.05) is 47.7 Å². The molecule has 2 aromatic heterocycles. The molecular formula is C25H29N7O2S. The van der Waals surface area contributed by atoms with Crippen molar-refractivity contribution >= 4 is 44.9 Å². The molecule has 3 N–H and O–H groups in total. The van der Waals surface area contributed by atoms with E-state index < -0.39 is 0 Å². The summed E-state index contributed by atoms with van der Waals surface area (Å²) in [5.41, 5.74) is 1.56. The standard InChI is InChI=1S/C25H29N7O2S/c1-32(2)13-6-14-34-19-9-10-21-22(15-19)28-17-29-23(21)26-12-11-20-16-27-25(35-20)31-24(33)30-18-7-4-3-5-8-18/h3-5,7-10,15-17H,6,11-14H2,1-2H3,(H,26,28,29)(H2,27,30,31,33). The van der Waals surface area contributed by atoms with Crippen molar-refractivity contribution in [2.45, 2.75) is 12.8 Å². The first-order valence-electron chi connectivity index (χ1n) is 11.4. The van der Waals surface area contributed by atoms with Gasteiger partial charge < -0.3 is 20.3 Å². The molecule has 2 heterocycles. The minimum Gasteiger partial charge on any atom is -0.493 e. The van der Waals surface area contributed by atoms with Crippen LogP contribution in [0, 0.1) is 0 Å². The second-order valence-corrected chi connectivity index (χ2v) is 9.28. The van der Waals surface area contributed by atoms with Gasteiger partial charge in [0.05, 0.1) is 12.1 Å². The molecule has 4 aromatic rings. The zero-order valence-corrected chi connectivity index (χ0v) is 20.6. The number of fused-ring (bicyclic) bond motifs is 1. The number of ether oxygens (including phenoxy) is 1. The highest BCUT2D eigenvalue weighted by Crippen LogP contribution is 2.24. The maximum Gasteiger partial charge on any atom is 0.325 e. The molecular weight excluding hydrogens is 462 g/mol. The summed E-state index contributed by atoms with van der Waals surface area (Å²) in [5.74, 6) is 1.58. The molecule has 35 heavy (non-hydrogen) atoms. The third-order valence-electron chi connectivity index (χ3n) is 5.10. The quantitative estimate of drug-likeness (QED) is 0.261. The molecule has 0 unspecified atom stereocenters.